The number of alkyl halides is 3. The van der Waals surface area contributed by atoms with Gasteiger partial charge in [-0.2, -0.15) is 13.2 Å². The Bertz CT molecular complexity index is 747. The summed E-state index contributed by atoms with van der Waals surface area (Å²) in [7, 11) is 0. The van der Waals surface area contributed by atoms with Crippen LogP contribution in [-0.4, -0.2) is 0 Å². The fraction of sp³-hybridized carbons (Fsp3) is 0.0588. The fourth-order valence-electron chi connectivity index (χ4n) is 2.04. The molecule has 0 fully saturated rings. The summed E-state index contributed by atoms with van der Waals surface area (Å²) in [5.41, 5.74) is -0.497. The molecule has 0 atom stereocenters. The van der Waals surface area contributed by atoms with Crippen molar-refractivity contribution < 1.29 is 22.3 Å². The lowest BCUT2D eigenvalue weighted by atomic mass is 10.1. The predicted molar refractivity (Wildman–Crippen MR) is 75.7 cm³/mol. The van der Waals surface area contributed by atoms with Gasteiger partial charge in [-0.3, -0.25) is 0 Å². The molecule has 0 spiro atoms. The summed E-state index contributed by atoms with van der Waals surface area (Å²) in [6, 6.07) is 15.4. The van der Waals surface area contributed by atoms with Crippen LogP contribution < -0.4 is 4.74 Å². The van der Waals surface area contributed by atoms with Gasteiger partial charge in [0.25, 0.3) is 0 Å². The first-order valence-electron chi connectivity index (χ1n) is 6.52. The third-order valence-corrected chi connectivity index (χ3v) is 3.06. The smallest absolute Gasteiger partial charge is 0.416 e. The number of hydrogen-bond acceptors (Lipinski definition) is 2. The third kappa shape index (κ3) is 2.98. The highest BCUT2D eigenvalue weighted by atomic mass is 19.4. The summed E-state index contributed by atoms with van der Waals surface area (Å²) in [6.07, 6.45) is -3.02. The van der Waals surface area contributed by atoms with Crippen molar-refractivity contribution in [1.29, 1.82) is 0 Å². The average molecular weight is 304 g/mol. The number of furan rings is 1. The summed E-state index contributed by atoms with van der Waals surface area (Å²) < 4.78 is 49.6. The molecule has 2 nitrogen and oxygen atoms in total. The lowest BCUT2D eigenvalue weighted by molar-refractivity contribution is -0.137. The Morgan fingerprint density at radius 3 is 2.27 bits per heavy atom. The molecule has 0 radical (unpaired) electrons. The Kier molecular flexibility index (Phi) is 3.63. The minimum Gasteiger partial charge on any atom is -0.464 e. The van der Waals surface area contributed by atoms with Crippen LogP contribution in [0.2, 0.25) is 0 Å². The molecule has 5 heteroatoms. The maximum absolute atomic E-state index is 12.9. The van der Waals surface area contributed by atoms with E-state index in [-0.39, 0.29) is 5.56 Å². The topological polar surface area (TPSA) is 22.4 Å². The van der Waals surface area contributed by atoms with Gasteiger partial charge >= 0.3 is 6.18 Å². The highest BCUT2D eigenvalue weighted by Crippen LogP contribution is 2.38. The van der Waals surface area contributed by atoms with Gasteiger partial charge in [0.1, 0.15) is 17.3 Å². The van der Waals surface area contributed by atoms with Crippen molar-refractivity contribution in [3.05, 3.63) is 72.5 Å². The zero-order chi connectivity index (χ0) is 15.6. The van der Waals surface area contributed by atoms with Gasteiger partial charge in [0.2, 0.25) is 0 Å². The van der Waals surface area contributed by atoms with Crippen molar-refractivity contribution in [2.45, 2.75) is 6.18 Å². The molecular weight excluding hydrogens is 293 g/mol. The number of hydrogen-bond donors (Lipinski definition) is 0. The molecule has 1 aromatic heterocycles. The summed E-state index contributed by atoms with van der Waals surface area (Å²) >= 11 is 0. The summed E-state index contributed by atoms with van der Waals surface area (Å²) in [4.78, 5) is 0. The SMILES string of the molecule is FC(F)(F)c1ccc(Oc2ccccc2)c(-c2ccco2)c1. The zero-order valence-electron chi connectivity index (χ0n) is 11.3. The van der Waals surface area contributed by atoms with Crippen molar-refractivity contribution >= 4 is 0 Å². The third-order valence-electron chi connectivity index (χ3n) is 3.06. The number of ether oxygens (including phenoxy) is 1. The van der Waals surface area contributed by atoms with E-state index in [0.717, 1.165) is 12.1 Å². The summed E-state index contributed by atoms with van der Waals surface area (Å²) in [5, 5.41) is 0. The second-order valence-corrected chi connectivity index (χ2v) is 4.60. The number of rotatable bonds is 3. The van der Waals surface area contributed by atoms with Crippen LogP contribution in [0.15, 0.2) is 71.3 Å². The van der Waals surface area contributed by atoms with Gasteiger partial charge in [0.05, 0.1) is 17.4 Å². The number of para-hydroxylation sites is 1. The molecule has 0 saturated carbocycles. The molecule has 112 valence electrons. The molecule has 1 heterocycles. The second kappa shape index (κ2) is 5.60. The number of benzene rings is 2. The van der Waals surface area contributed by atoms with E-state index >= 15 is 0 Å². The van der Waals surface area contributed by atoms with Gasteiger partial charge in [0.15, 0.2) is 0 Å². The van der Waals surface area contributed by atoms with Crippen molar-refractivity contribution in [3.8, 4) is 22.8 Å². The largest absolute Gasteiger partial charge is 0.464 e. The molecule has 0 amide bonds. The molecule has 0 saturated heterocycles. The van der Waals surface area contributed by atoms with Crippen molar-refractivity contribution in [2.75, 3.05) is 0 Å². The van der Waals surface area contributed by atoms with Crippen molar-refractivity contribution in [3.63, 3.8) is 0 Å². The second-order valence-electron chi connectivity index (χ2n) is 4.60. The summed E-state index contributed by atoms with van der Waals surface area (Å²) in [6.45, 7) is 0. The Morgan fingerprint density at radius 1 is 0.864 bits per heavy atom. The van der Waals surface area contributed by atoms with Crippen LogP contribution in [0, 0.1) is 0 Å². The fourth-order valence-corrected chi connectivity index (χ4v) is 2.04. The molecule has 0 aliphatic heterocycles. The Morgan fingerprint density at radius 2 is 1.64 bits per heavy atom. The molecular formula is C17H11F3O2. The predicted octanol–water partition coefficient (Wildman–Crippen LogP) is 5.76. The van der Waals surface area contributed by atoms with Crippen LogP contribution in [0.5, 0.6) is 11.5 Å². The van der Waals surface area contributed by atoms with Crippen LogP contribution >= 0.6 is 0 Å². The van der Waals surface area contributed by atoms with E-state index in [0.29, 0.717) is 17.3 Å². The average Bonchev–Trinajstić information content (AvgIpc) is 3.01. The van der Waals surface area contributed by atoms with Gasteiger partial charge in [-0.05, 0) is 42.5 Å². The molecule has 2 aromatic carbocycles. The van der Waals surface area contributed by atoms with Gasteiger partial charge in [-0.15, -0.1) is 0 Å². The summed E-state index contributed by atoms with van der Waals surface area (Å²) in [5.74, 6) is 1.15. The monoisotopic (exact) mass is 304 g/mol. The number of halogens is 3. The standard InChI is InChI=1S/C17H11F3O2/c18-17(19,20)12-8-9-16(22-13-5-2-1-3-6-13)14(11-12)15-7-4-10-21-15/h1-11H. The Hall–Kier alpha value is -2.69. The zero-order valence-corrected chi connectivity index (χ0v) is 11.3. The van der Waals surface area contributed by atoms with Crippen molar-refractivity contribution in [1.82, 2.24) is 0 Å². The lowest BCUT2D eigenvalue weighted by Gasteiger charge is -2.13. The van der Waals surface area contributed by atoms with Crippen LogP contribution in [0.4, 0.5) is 13.2 Å². The van der Waals surface area contributed by atoms with Crippen LogP contribution in [0.25, 0.3) is 11.3 Å². The highest BCUT2D eigenvalue weighted by Gasteiger charge is 2.31. The first-order chi connectivity index (χ1) is 10.5. The molecule has 0 N–H and O–H groups in total. The van der Waals surface area contributed by atoms with E-state index in [1.807, 2.05) is 6.07 Å². The van der Waals surface area contributed by atoms with Gasteiger partial charge in [-0.25, -0.2) is 0 Å². The molecule has 3 aromatic rings. The normalized spacial score (nSPS) is 11.4. The van der Waals surface area contributed by atoms with Crippen LogP contribution in [0.3, 0.4) is 0 Å². The molecule has 0 bridgehead atoms. The highest BCUT2D eigenvalue weighted by molar-refractivity contribution is 5.67. The first kappa shape index (κ1) is 14.3. The minimum atomic E-state index is -4.42. The van der Waals surface area contributed by atoms with Crippen molar-refractivity contribution in [2.24, 2.45) is 0 Å². The maximum atomic E-state index is 12.9. The van der Waals surface area contributed by atoms with Crippen LogP contribution in [-0.2, 0) is 6.18 Å². The molecule has 0 aliphatic carbocycles. The van der Waals surface area contributed by atoms with E-state index in [1.54, 1.807) is 36.4 Å². The van der Waals surface area contributed by atoms with E-state index in [2.05, 4.69) is 0 Å². The van der Waals surface area contributed by atoms with Crippen LogP contribution in [0.1, 0.15) is 5.56 Å². The first-order valence-corrected chi connectivity index (χ1v) is 6.52. The Labute approximate surface area is 124 Å². The maximum Gasteiger partial charge on any atom is 0.416 e. The van der Waals surface area contributed by atoms with Gasteiger partial charge in [-0.1, -0.05) is 18.2 Å². The molecule has 0 aliphatic rings. The lowest BCUT2D eigenvalue weighted by Crippen LogP contribution is -2.05. The Balaban J connectivity index is 2.06. The minimum absolute atomic E-state index is 0.253. The van der Waals surface area contributed by atoms with E-state index in [4.69, 9.17) is 9.15 Å². The van der Waals surface area contributed by atoms with E-state index < -0.39 is 11.7 Å². The van der Waals surface area contributed by atoms with E-state index in [1.165, 1.54) is 12.3 Å². The van der Waals surface area contributed by atoms with E-state index in [9.17, 15) is 13.2 Å². The van der Waals surface area contributed by atoms with Gasteiger partial charge < -0.3 is 9.15 Å². The quantitative estimate of drug-likeness (QED) is 0.614. The van der Waals surface area contributed by atoms with Gasteiger partial charge in [0, 0.05) is 0 Å². The molecule has 0 unspecified atom stereocenters. The molecule has 22 heavy (non-hydrogen) atoms. The molecule has 3 rings (SSSR count).